The van der Waals surface area contributed by atoms with Crippen molar-refractivity contribution < 1.29 is 4.74 Å². The van der Waals surface area contributed by atoms with Crippen LogP contribution < -0.4 is 0 Å². The lowest BCUT2D eigenvalue weighted by atomic mass is 10.8. The van der Waals surface area contributed by atoms with Gasteiger partial charge in [0.05, 0.1) is 0 Å². The normalized spacial score (nSPS) is 7.40. The molecule has 0 fully saturated rings. The molecule has 0 atom stereocenters. The zero-order valence-electron chi connectivity index (χ0n) is 3.27. The summed E-state index contributed by atoms with van der Waals surface area (Å²) in [6.07, 6.45) is 0. The Kier molecular flexibility index (Phi) is 1.57. The third kappa shape index (κ3) is 3.47. The Bertz CT molecular complexity index is 42.2. The van der Waals surface area contributed by atoms with Crippen LogP contribution in [0.2, 0.25) is 0 Å². The molecule has 5 heavy (non-hydrogen) atoms. The molecule has 0 aromatic rings. The molecule has 0 rings (SSSR count). The molecule has 0 unspecified atom stereocenters. The number of hydrogen-bond donors (Lipinski definition) is 0. The molecule has 0 spiro atoms. The smallest absolute Gasteiger partial charge is 0.150 e. The first-order valence-corrected chi connectivity index (χ1v) is 1.52. The maximum Gasteiger partial charge on any atom is 0.150 e. The maximum atomic E-state index is 9.62. The van der Waals surface area contributed by atoms with Gasteiger partial charge < -0.3 is 5.21 Å². The van der Waals surface area contributed by atoms with Gasteiger partial charge in [0, 0.05) is 0 Å². The molecular weight excluding hydrogens is 66.0 g/mol. The number of rotatable bonds is 1. The first-order valence-electron chi connectivity index (χ1n) is 1.52. The molecule has 0 saturated carbocycles. The maximum absolute atomic E-state index is 9.62. The Labute approximate surface area is 31.3 Å². The second-order valence-electron chi connectivity index (χ2n) is 0.798. The van der Waals surface area contributed by atoms with Gasteiger partial charge in [0.15, 0.2) is 0 Å². The fourth-order valence-corrected chi connectivity index (χ4v) is 0. The number of nitrogens with zero attached hydrogens (tertiary/aromatic N) is 1. The lowest BCUT2D eigenvalue weighted by molar-refractivity contribution is -0.443. The van der Waals surface area contributed by atoms with Crippen LogP contribution in [0.3, 0.4) is 0 Å². The van der Waals surface area contributed by atoms with E-state index in [1.165, 1.54) is 0 Å². The van der Waals surface area contributed by atoms with Crippen LogP contribution in [0, 0.1) is 5.21 Å². The average Bonchev–Trinajstić information content (AvgIpc) is 1.38. The van der Waals surface area contributed by atoms with Gasteiger partial charge >= 0.3 is 0 Å². The van der Waals surface area contributed by atoms with Gasteiger partial charge in [-0.05, 0) is 6.92 Å². The quantitative estimate of drug-likeness (QED) is 0.189. The van der Waals surface area contributed by atoms with Gasteiger partial charge in [0.2, 0.25) is 0 Å². The highest BCUT2D eigenvalue weighted by atomic mass is 16.5. The summed E-state index contributed by atoms with van der Waals surface area (Å²) in [5, 5.41) is 9.62. The minimum atomic E-state index is 0.472. The highest BCUT2D eigenvalue weighted by Gasteiger charge is 1.66. The fraction of sp³-hybridized carbons (Fsp3) is 0.667. The summed E-state index contributed by atoms with van der Waals surface area (Å²) >= 11 is 0. The van der Waals surface area contributed by atoms with Gasteiger partial charge in [-0.25, -0.2) is 4.74 Å². The molecule has 2 heteroatoms. The van der Waals surface area contributed by atoms with E-state index in [2.05, 4.69) is 6.72 Å². The van der Waals surface area contributed by atoms with Gasteiger partial charge in [-0.1, -0.05) is 0 Å². The number of hydrogen-bond acceptors (Lipinski definition) is 1. The highest BCUT2D eigenvalue weighted by Crippen LogP contribution is 1.55. The van der Waals surface area contributed by atoms with Crippen molar-refractivity contribution in [2.45, 2.75) is 6.92 Å². The molecular formula is C3H7NO. The standard InChI is InChI=1S/C3H7NO/c1-3-4(2)5/h2-3H2,1H3. The van der Waals surface area contributed by atoms with Crippen LogP contribution in [0.1, 0.15) is 6.92 Å². The Morgan fingerprint density at radius 2 is 2.20 bits per heavy atom. The molecule has 2 nitrogen and oxygen atoms in total. The molecule has 0 aromatic heterocycles. The molecule has 0 bridgehead atoms. The fourth-order valence-electron chi connectivity index (χ4n) is 0. The largest absolute Gasteiger partial charge is 0.624 e. The van der Waals surface area contributed by atoms with Crippen LogP contribution in [0.5, 0.6) is 0 Å². The summed E-state index contributed by atoms with van der Waals surface area (Å²) < 4.78 is 0.625. The Morgan fingerprint density at radius 1 is 2.00 bits per heavy atom. The first-order chi connectivity index (χ1) is 2.27. The Morgan fingerprint density at radius 3 is 2.20 bits per heavy atom. The molecule has 0 aromatic carbocycles. The third-order valence-corrected chi connectivity index (χ3v) is 0.353. The zero-order valence-corrected chi connectivity index (χ0v) is 3.27. The molecule has 0 saturated heterocycles. The van der Waals surface area contributed by atoms with E-state index in [0.29, 0.717) is 11.3 Å². The van der Waals surface area contributed by atoms with E-state index >= 15 is 0 Å². The van der Waals surface area contributed by atoms with Crippen molar-refractivity contribution in [1.82, 2.24) is 0 Å². The highest BCUT2D eigenvalue weighted by molar-refractivity contribution is 5.14. The van der Waals surface area contributed by atoms with E-state index in [1.807, 2.05) is 0 Å². The summed E-state index contributed by atoms with van der Waals surface area (Å²) in [5.74, 6) is 0. The molecule has 30 valence electrons. The van der Waals surface area contributed by atoms with Crippen molar-refractivity contribution in [3.8, 4) is 0 Å². The van der Waals surface area contributed by atoms with Gasteiger partial charge in [-0.3, -0.25) is 0 Å². The molecule has 0 amide bonds. The molecule has 0 radical (unpaired) electrons. The minimum Gasteiger partial charge on any atom is -0.624 e. The topological polar surface area (TPSA) is 26.1 Å². The summed E-state index contributed by atoms with van der Waals surface area (Å²) in [4.78, 5) is 0. The lowest BCUT2D eigenvalue weighted by Crippen LogP contribution is -1.94. The Balaban J connectivity index is 2.85. The first kappa shape index (κ1) is 4.47. The SMILES string of the molecule is C=[N+]([O-])CC. The van der Waals surface area contributed by atoms with Crippen LogP contribution in [0.25, 0.3) is 0 Å². The minimum absolute atomic E-state index is 0.472. The van der Waals surface area contributed by atoms with Crippen molar-refractivity contribution in [2.24, 2.45) is 0 Å². The van der Waals surface area contributed by atoms with Crippen LogP contribution in [0.4, 0.5) is 0 Å². The summed E-state index contributed by atoms with van der Waals surface area (Å²) in [6, 6.07) is 0. The molecule has 0 aliphatic carbocycles. The summed E-state index contributed by atoms with van der Waals surface area (Å²) in [6.45, 7) is 5.26. The van der Waals surface area contributed by atoms with E-state index in [-0.39, 0.29) is 0 Å². The van der Waals surface area contributed by atoms with Crippen molar-refractivity contribution >= 4 is 6.72 Å². The van der Waals surface area contributed by atoms with E-state index < -0.39 is 0 Å². The average molecular weight is 73.1 g/mol. The lowest BCUT2D eigenvalue weighted by Gasteiger charge is -1.90. The molecule has 0 aliphatic rings. The van der Waals surface area contributed by atoms with Crippen molar-refractivity contribution in [1.29, 1.82) is 0 Å². The molecule has 0 heterocycles. The van der Waals surface area contributed by atoms with Crippen molar-refractivity contribution in [2.75, 3.05) is 6.54 Å². The van der Waals surface area contributed by atoms with E-state index in [1.54, 1.807) is 6.92 Å². The summed E-state index contributed by atoms with van der Waals surface area (Å²) in [7, 11) is 0. The van der Waals surface area contributed by atoms with E-state index in [0.717, 1.165) is 0 Å². The third-order valence-electron chi connectivity index (χ3n) is 0.353. The Hall–Kier alpha value is -0.530. The van der Waals surface area contributed by atoms with Gasteiger partial charge in [-0.2, -0.15) is 0 Å². The summed E-state index contributed by atoms with van der Waals surface area (Å²) in [5.41, 5.74) is 0. The van der Waals surface area contributed by atoms with Gasteiger partial charge in [-0.15, -0.1) is 0 Å². The predicted octanol–water partition coefficient (Wildman–Crippen LogP) is 0.217. The second kappa shape index (κ2) is 1.76. The van der Waals surface area contributed by atoms with Gasteiger partial charge in [0.1, 0.15) is 13.3 Å². The van der Waals surface area contributed by atoms with Crippen molar-refractivity contribution in [3.05, 3.63) is 5.21 Å². The zero-order chi connectivity index (χ0) is 4.28. The predicted molar refractivity (Wildman–Crippen MR) is 21.3 cm³/mol. The second-order valence-corrected chi connectivity index (χ2v) is 0.798. The molecule has 0 aliphatic heterocycles. The van der Waals surface area contributed by atoms with Gasteiger partial charge in [0.25, 0.3) is 0 Å². The van der Waals surface area contributed by atoms with E-state index in [9.17, 15) is 5.21 Å². The van der Waals surface area contributed by atoms with Crippen LogP contribution in [0.15, 0.2) is 0 Å². The molecule has 0 N–H and O–H groups in total. The monoisotopic (exact) mass is 73.1 g/mol. The van der Waals surface area contributed by atoms with Crippen LogP contribution >= 0.6 is 0 Å². The van der Waals surface area contributed by atoms with Crippen molar-refractivity contribution in [3.63, 3.8) is 0 Å². The van der Waals surface area contributed by atoms with E-state index in [4.69, 9.17) is 0 Å². The van der Waals surface area contributed by atoms with Crippen LogP contribution in [-0.4, -0.2) is 18.0 Å². The van der Waals surface area contributed by atoms with Crippen LogP contribution in [-0.2, 0) is 0 Å². The number of hydroxylamine groups is 1.